The van der Waals surface area contributed by atoms with E-state index in [1.165, 1.54) is 11.1 Å². The highest BCUT2D eigenvalue weighted by Gasteiger charge is 2.24. The quantitative estimate of drug-likeness (QED) is 0.945. The molecule has 1 N–H and O–H groups in total. The van der Waals surface area contributed by atoms with Crippen LogP contribution < -0.4 is 5.32 Å². The van der Waals surface area contributed by atoms with Crippen LogP contribution in [0.25, 0.3) is 0 Å². The predicted octanol–water partition coefficient (Wildman–Crippen LogP) is 2.78. The fourth-order valence-corrected chi connectivity index (χ4v) is 3.11. The van der Waals surface area contributed by atoms with E-state index in [9.17, 15) is 9.59 Å². The Morgan fingerprint density at radius 1 is 0.917 bits per heavy atom. The number of nitrogens with one attached hydrogen (secondary N) is 1. The summed E-state index contributed by atoms with van der Waals surface area (Å²) in [5, 5.41) is 2.96. The summed E-state index contributed by atoms with van der Waals surface area (Å²) in [6, 6.07) is 15.6. The van der Waals surface area contributed by atoms with Gasteiger partial charge in [-0.15, -0.1) is 0 Å². The zero-order chi connectivity index (χ0) is 16.5. The number of hydrogen-bond acceptors (Lipinski definition) is 2. The molecule has 1 fully saturated rings. The molecular weight excluding hydrogens is 300 g/mol. The molecule has 0 spiro atoms. The van der Waals surface area contributed by atoms with Gasteiger partial charge in [-0.1, -0.05) is 24.3 Å². The van der Waals surface area contributed by atoms with Crippen molar-refractivity contribution in [1.82, 2.24) is 10.2 Å². The van der Waals surface area contributed by atoms with Crippen LogP contribution in [0.5, 0.6) is 0 Å². The summed E-state index contributed by atoms with van der Waals surface area (Å²) in [6.07, 6.45) is 3.03. The molecule has 0 bridgehead atoms. The summed E-state index contributed by atoms with van der Waals surface area (Å²) in [7, 11) is 0. The van der Waals surface area contributed by atoms with Crippen molar-refractivity contribution in [2.24, 2.45) is 0 Å². The molecule has 0 saturated heterocycles. The second-order valence-electron chi connectivity index (χ2n) is 6.57. The van der Waals surface area contributed by atoms with Crippen molar-refractivity contribution in [2.75, 3.05) is 6.54 Å². The Labute approximate surface area is 141 Å². The smallest absolute Gasteiger partial charge is 0.254 e. The van der Waals surface area contributed by atoms with Gasteiger partial charge in [0.05, 0.1) is 0 Å². The molecule has 0 radical (unpaired) electrons. The number of nitrogens with zero attached hydrogens (tertiary/aromatic N) is 1. The van der Waals surface area contributed by atoms with Crippen LogP contribution in [-0.2, 0) is 13.0 Å². The molecule has 1 heterocycles. The number of fused-ring (bicyclic) bond motifs is 1. The lowest BCUT2D eigenvalue weighted by molar-refractivity contribution is 0.0734. The van der Waals surface area contributed by atoms with Gasteiger partial charge in [0.1, 0.15) is 0 Å². The molecule has 4 heteroatoms. The van der Waals surface area contributed by atoms with Gasteiger partial charge in [0.15, 0.2) is 0 Å². The molecule has 1 aliphatic heterocycles. The minimum Gasteiger partial charge on any atom is -0.349 e. The van der Waals surface area contributed by atoms with E-state index in [1.54, 1.807) is 24.3 Å². The first-order valence-electron chi connectivity index (χ1n) is 8.48. The maximum atomic E-state index is 12.7. The number of amides is 2. The van der Waals surface area contributed by atoms with Crippen LogP contribution in [0.1, 0.15) is 44.7 Å². The van der Waals surface area contributed by atoms with E-state index in [0.717, 1.165) is 25.8 Å². The number of carbonyl (C=O) groups is 2. The standard InChI is InChI=1S/C20H20N2O2/c23-19(21-18-9-10-18)15-5-7-16(8-6-15)20(24)22-12-11-14-3-1-2-4-17(14)13-22/h1-8,18H,9-13H2,(H,21,23). The summed E-state index contributed by atoms with van der Waals surface area (Å²) >= 11 is 0. The Kier molecular flexibility index (Phi) is 3.81. The van der Waals surface area contributed by atoms with Crippen molar-refractivity contribution in [3.8, 4) is 0 Å². The molecule has 2 aliphatic rings. The van der Waals surface area contributed by atoms with Crippen LogP contribution in [-0.4, -0.2) is 29.3 Å². The first-order valence-corrected chi connectivity index (χ1v) is 8.48. The van der Waals surface area contributed by atoms with Gasteiger partial charge in [0, 0.05) is 30.3 Å². The number of carbonyl (C=O) groups excluding carboxylic acids is 2. The lowest BCUT2D eigenvalue weighted by atomic mass is 9.99. The predicted molar refractivity (Wildman–Crippen MR) is 91.8 cm³/mol. The second-order valence-corrected chi connectivity index (χ2v) is 6.57. The summed E-state index contributed by atoms with van der Waals surface area (Å²) in [5.41, 5.74) is 3.80. The van der Waals surface area contributed by atoms with E-state index < -0.39 is 0 Å². The van der Waals surface area contributed by atoms with Gasteiger partial charge >= 0.3 is 0 Å². The highest BCUT2D eigenvalue weighted by atomic mass is 16.2. The van der Waals surface area contributed by atoms with E-state index >= 15 is 0 Å². The van der Waals surface area contributed by atoms with Gasteiger partial charge in [-0.3, -0.25) is 9.59 Å². The lowest BCUT2D eigenvalue weighted by Crippen LogP contribution is -2.36. The van der Waals surface area contributed by atoms with Crippen LogP contribution in [0.15, 0.2) is 48.5 Å². The Balaban J connectivity index is 1.45. The molecule has 0 unspecified atom stereocenters. The van der Waals surface area contributed by atoms with Gasteiger partial charge in [-0.05, 0) is 54.7 Å². The summed E-state index contributed by atoms with van der Waals surface area (Å²) in [6.45, 7) is 1.39. The molecule has 1 aliphatic carbocycles. The molecule has 4 nitrogen and oxygen atoms in total. The van der Waals surface area contributed by atoms with Gasteiger partial charge in [-0.2, -0.15) is 0 Å². The van der Waals surface area contributed by atoms with Crippen LogP contribution in [0, 0.1) is 0 Å². The Hall–Kier alpha value is -2.62. The van der Waals surface area contributed by atoms with E-state index in [0.29, 0.717) is 23.7 Å². The van der Waals surface area contributed by atoms with Crippen molar-refractivity contribution < 1.29 is 9.59 Å². The fourth-order valence-electron chi connectivity index (χ4n) is 3.11. The maximum absolute atomic E-state index is 12.7. The first-order chi connectivity index (χ1) is 11.7. The van der Waals surface area contributed by atoms with Crippen LogP contribution in [0.2, 0.25) is 0 Å². The molecule has 2 aromatic rings. The van der Waals surface area contributed by atoms with Gasteiger partial charge in [0.2, 0.25) is 0 Å². The Morgan fingerprint density at radius 3 is 2.29 bits per heavy atom. The highest BCUT2D eigenvalue weighted by Crippen LogP contribution is 2.21. The van der Waals surface area contributed by atoms with Crippen molar-refractivity contribution >= 4 is 11.8 Å². The van der Waals surface area contributed by atoms with E-state index in [2.05, 4.69) is 17.4 Å². The van der Waals surface area contributed by atoms with Crippen molar-refractivity contribution in [3.05, 3.63) is 70.8 Å². The third kappa shape index (κ3) is 3.04. The SMILES string of the molecule is O=C(NC1CC1)c1ccc(C(=O)N2CCc3ccccc3C2)cc1. The zero-order valence-electron chi connectivity index (χ0n) is 13.5. The third-order valence-corrected chi connectivity index (χ3v) is 4.72. The van der Waals surface area contributed by atoms with E-state index in [4.69, 9.17) is 0 Å². The molecule has 1 saturated carbocycles. The molecule has 2 amide bonds. The summed E-state index contributed by atoms with van der Waals surface area (Å²) in [5.74, 6) is -0.0259. The molecule has 122 valence electrons. The molecular formula is C20H20N2O2. The Bertz CT molecular complexity index is 778. The van der Waals surface area contributed by atoms with Gasteiger partial charge < -0.3 is 10.2 Å². The minimum atomic E-state index is -0.0524. The zero-order valence-corrected chi connectivity index (χ0v) is 13.5. The molecule has 0 aromatic heterocycles. The lowest BCUT2D eigenvalue weighted by Gasteiger charge is -2.29. The molecule has 0 atom stereocenters. The maximum Gasteiger partial charge on any atom is 0.254 e. The minimum absolute atomic E-state index is 0.0265. The summed E-state index contributed by atoms with van der Waals surface area (Å²) < 4.78 is 0. The van der Waals surface area contributed by atoms with Gasteiger partial charge in [-0.25, -0.2) is 0 Å². The second kappa shape index (κ2) is 6.11. The average molecular weight is 320 g/mol. The summed E-state index contributed by atoms with van der Waals surface area (Å²) in [4.78, 5) is 26.6. The number of hydrogen-bond donors (Lipinski definition) is 1. The van der Waals surface area contributed by atoms with Crippen molar-refractivity contribution in [2.45, 2.75) is 31.8 Å². The normalized spacial score (nSPS) is 16.4. The molecule has 2 aromatic carbocycles. The topological polar surface area (TPSA) is 49.4 Å². The fraction of sp³-hybridized carbons (Fsp3) is 0.300. The molecule has 24 heavy (non-hydrogen) atoms. The number of benzene rings is 2. The highest BCUT2D eigenvalue weighted by molar-refractivity contribution is 5.98. The van der Waals surface area contributed by atoms with Crippen LogP contribution in [0.4, 0.5) is 0 Å². The monoisotopic (exact) mass is 320 g/mol. The van der Waals surface area contributed by atoms with Crippen molar-refractivity contribution in [3.63, 3.8) is 0 Å². The third-order valence-electron chi connectivity index (χ3n) is 4.72. The van der Waals surface area contributed by atoms with E-state index in [-0.39, 0.29) is 11.8 Å². The average Bonchev–Trinajstić information content (AvgIpc) is 3.45. The van der Waals surface area contributed by atoms with E-state index in [1.807, 2.05) is 17.0 Å². The van der Waals surface area contributed by atoms with Crippen molar-refractivity contribution in [1.29, 1.82) is 0 Å². The largest absolute Gasteiger partial charge is 0.349 e. The van der Waals surface area contributed by atoms with Crippen LogP contribution in [0.3, 0.4) is 0 Å². The molecule has 4 rings (SSSR count). The van der Waals surface area contributed by atoms with Crippen LogP contribution >= 0.6 is 0 Å². The van der Waals surface area contributed by atoms with Gasteiger partial charge in [0.25, 0.3) is 11.8 Å². The first kappa shape index (κ1) is 14.9. The number of rotatable bonds is 3. The Morgan fingerprint density at radius 2 is 1.58 bits per heavy atom.